The molecule has 2 N–H and O–H groups in total. The summed E-state index contributed by atoms with van der Waals surface area (Å²) in [5.41, 5.74) is 0.669. The molecular formula is C20H21N5O3. The van der Waals surface area contributed by atoms with E-state index in [1.807, 2.05) is 0 Å². The normalized spacial score (nSPS) is 16.5. The first-order valence-electron chi connectivity index (χ1n) is 9.20. The summed E-state index contributed by atoms with van der Waals surface area (Å²) in [6, 6.07) is 6.72. The Kier molecular flexibility index (Phi) is 4.79. The van der Waals surface area contributed by atoms with Crippen molar-refractivity contribution in [1.82, 2.24) is 19.3 Å². The smallest absolute Gasteiger partial charge is 0.267 e. The van der Waals surface area contributed by atoms with E-state index in [2.05, 4.69) is 16.9 Å². The minimum Gasteiger partial charge on any atom is -0.376 e. The molecule has 28 heavy (non-hydrogen) atoms. The SMILES string of the molecule is C=CCn1c(=N)c(C(=O)NCC2CCCO2)cc2c(=O)n3ccccc3nc21. The minimum absolute atomic E-state index is 0.00451. The highest BCUT2D eigenvalue weighted by Gasteiger charge is 2.20. The van der Waals surface area contributed by atoms with Gasteiger partial charge in [-0.3, -0.25) is 19.4 Å². The lowest BCUT2D eigenvalue weighted by molar-refractivity contribution is 0.0856. The van der Waals surface area contributed by atoms with E-state index >= 15 is 0 Å². The van der Waals surface area contributed by atoms with Gasteiger partial charge in [-0.05, 0) is 31.0 Å². The van der Waals surface area contributed by atoms with E-state index in [1.165, 1.54) is 15.0 Å². The van der Waals surface area contributed by atoms with Crippen molar-refractivity contribution in [2.24, 2.45) is 0 Å². The van der Waals surface area contributed by atoms with Crippen LogP contribution in [0.25, 0.3) is 16.7 Å². The molecule has 0 aromatic carbocycles. The molecule has 1 aliphatic heterocycles. The molecule has 1 amide bonds. The van der Waals surface area contributed by atoms with Gasteiger partial charge in [0, 0.05) is 25.9 Å². The molecule has 1 aliphatic rings. The second-order valence-electron chi connectivity index (χ2n) is 6.73. The highest BCUT2D eigenvalue weighted by Crippen LogP contribution is 2.12. The summed E-state index contributed by atoms with van der Waals surface area (Å²) in [5, 5.41) is 11.6. The van der Waals surface area contributed by atoms with Crippen LogP contribution in [0, 0.1) is 5.41 Å². The first kappa shape index (κ1) is 18.1. The summed E-state index contributed by atoms with van der Waals surface area (Å²) in [5.74, 6) is -0.405. The molecular weight excluding hydrogens is 358 g/mol. The lowest BCUT2D eigenvalue weighted by Crippen LogP contribution is -2.37. The monoisotopic (exact) mass is 379 g/mol. The maximum Gasteiger partial charge on any atom is 0.267 e. The zero-order valence-electron chi connectivity index (χ0n) is 15.4. The van der Waals surface area contributed by atoms with Crippen LogP contribution in [0.4, 0.5) is 0 Å². The number of amides is 1. The number of rotatable bonds is 5. The van der Waals surface area contributed by atoms with Gasteiger partial charge in [0.25, 0.3) is 11.5 Å². The van der Waals surface area contributed by atoms with Crippen LogP contribution in [0.3, 0.4) is 0 Å². The average molecular weight is 379 g/mol. The van der Waals surface area contributed by atoms with Gasteiger partial charge in [0.15, 0.2) is 0 Å². The van der Waals surface area contributed by atoms with Crippen molar-refractivity contribution < 1.29 is 9.53 Å². The Hall–Kier alpha value is -3.26. The molecule has 144 valence electrons. The quantitative estimate of drug-likeness (QED) is 0.514. The van der Waals surface area contributed by atoms with Gasteiger partial charge in [0.1, 0.15) is 16.8 Å². The Labute approximate surface area is 160 Å². The highest BCUT2D eigenvalue weighted by atomic mass is 16.5. The Morgan fingerprint density at radius 2 is 2.32 bits per heavy atom. The minimum atomic E-state index is -0.405. The molecule has 3 aromatic rings. The molecule has 0 bridgehead atoms. The number of hydrogen-bond acceptors (Lipinski definition) is 5. The molecule has 0 spiro atoms. The maximum atomic E-state index is 13.0. The van der Waals surface area contributed by atoms with E-state index in [0.29, 0.717) is 24.4 Å². The van der Waals surface area contributed by atoms with Gasteiger partial charge in [-0.15, -0.1) is 6.58 Å². The Morgan fingerprint density at radius 3 is 3.07 bits per heavy atom. The predicted molar refractivity (Wildman–Crippen MR) is 104 cm³/mol. The van der Waals surface area contributed by atoms with E-state index in [4.69, 9.17) is 10.1 Å². The fraction of sp³-hybridized carbons (Fsp3) is 0.300. The third kappa shape index (κ3) is 3.11. The van der Waals surface area contributed by atoms with Crippen molar-refractivity contribution in [1.29, 1.82) is 5.41 Å². The lowest BCUT2D eigenvalue weighted by Gasteiger charge is -2.14. The van der Waals surface area contributed by atoms with E-state index in [-0.39, 0.29) is 34.6 Å². The zero-order valence-corrected chi connectivity index (χ0v) is 15.4. The zero-order chi connectivity index (χ0) is 19.7. The number of ether oxygens (including phenoxy) is 1. The van der Waals surface area contributed by atoms with Crippen LogP contribution in [-0.4, -0.2) is 39.1 Å². The first-order chi connectivity index (χ1) is 13.6. The average Bonchev–Trinajstić information content (AvgIpc) is 3.22. The van der Waals surface area contributed by atoms with Gasteiger partial charge in [0.2, 0.25) is 0 Å². The Bertz CT molecular complexity index is 1190. The van der Waals surface area contributed by atoms with Crippen molar-refractivity contribution in [3.8, 4) is 0 Å². The van der Waals surface area contributed by atoms with Crippen molar-refractivity contribution >= 4 is 22.6 Å². The summed E-state index contributed by atoms with van der Waals surface area (Å²) in [7, 11) is 0. The molecule has 1 saturated heterocycles. The molecule has 4 heterocycles. The molecule has 4 rings (SSSR count). The summed E-state index contributed by atoms with van der Waals surface area (Å²) < 4.78 is 8.48. The topological polar surface area (TPSA) is 101 Å². The lowest BCUT2D eigenvalue weighted by atomic mass is 10.2. The number of carbonyl (C=O) groups is 1. The molecule has 0 saturated carbocycles. The number of nitrogens with zero attached hydrogens (tertiary/aromatic N) is 3. The third-order valence-corrected chi connectivity index (χ3v) is 4.89. The number of fused-ring (bicyclic) bond motifs is 2. The largest absolute Gasteiger partial charge is 0.376 e. The first-order valence-corrected chi connectivity index (χ1v) is 9.20. The third-order valence-electron chi connectivity index (χ3n) is 4.89. The number of hydrogen-bond donors (Lipinski definition) is 2. The fourth-order valence-electron chi connectivity index (χ4n) is 3.47. The number of pyridine rings is 2. The van der Waals surface area contributed by atoms with Crippen LogP contribution in [0.5, 0.6) is 0 Å². The molecule has 1 fully saturated rings. The number of allylic oxidation sites excluding steroid dienone is 1. The van der Waals surface area contributed by atoms with Crippen LogP contribution in [0.2, 0.25) is 0 Å². The molecule has 8 nitrogen and oxygen atoms in total. The van der Waals surface area contributed by atoms with Crippen molar-refractivity contribution in [3.63, 3.8) is 0 Å². The number of aromatic nitrogens is 3. The van der Waals surface area contributed by atoms with Crippen molar-refractivity contribution in [3.05, 3.63) is 64.5 Å². The molecule has 3 aromatic heterocycles. The van der Waals surface area contributed by atoms with Crippen LogP contribution in [0.1, 0.15) is 23.2 Å². The van der Waals surface area contributed by atoms with Gasteiger partial charge < -0.3 is 14.6 Å². The second kappa shape index (κ2) is 7.40. The molecule has 0 aliphatic carbocycles. The highest BCUT2D eigenvalue weighted by molar-refractivity contribution is 5.96. The Morgan fingerprint density at radius 1 is 1.46 bits per heavy atom. The van der Waals surface area contributed by atoms with Crippen LogP contribution in [0.15, 0.2) is 47.9 Å². The van der Waals surface area contributed by atoms with Crippen LogP contribution < -0.4 is 16.4 Å². The van der Waals surface area contributed by atoms with E-state index in [0.717, 1.165) is 12.8 Å². The number of nitrogens with one attached hydrogen (secondary N) is 2. The van der Waals surface area contributed by atoms with Crippen molar-refractivity contribution in [2.75, 3.05) is 13.2 Å². The summed E-state index contributed by atoms with van der Waals surface area (Å²) in [4.78, 5) is 30.2. The molecule has 1 unspecified atom stereocenters. The van der Waals surface area contributed by atoms with Crippen molar-refractivity contribution in [2.45, 2.75) is 25.5 Å². The molecule has 0 radical (unpaired) electrons. The summed E-state index contributed by atoms with van der Waals surface area (Å²) >= 11 is 0. The van der Waals surface area contributed by atoms with Gasteiger partial charge in [-0.2, -0.15) is 0 Å². The predicted octanol–water partition coefficient (Wildman–Crippen LogP) is 1.22. The summed E-state index contributed by atoms with van der Waals surface area (Å²) in [6.07, 6.45) is 5.12. The van der Waals surface area contributed by atoms with Gasteiger partial charge >= 0.3 is 0 Å². The standard InChI is InChI=1S/C20H21N5O3/c1-2-8-25-17(21)14(19(26)22-12-13-6-5-10-28-13)11-15-18(25)23-16-7-3-4-9-24(16)20(15)27/h2-4,7,9,11,13,21H,1,5-6,8,10,12H2,(H,22,26). The van der Waals surface area contributed by atoms with Gasteiger partial charge in [-0.1, -0.05) is 12.1 Å². The van der Waals surface area contributed by atoms with Gasteiger partial charge in [-0.25, -0.2) is 4.98 Å². The van der Waals surface area contributed by atoms with E-state index < -0.39 is 5.91 Å². The van der Waals surface area contributed by atoms with E-state index in [1.54, 1.807) is 30.5 Å². The number of carbonyl (C=O) groups excluding carboxylic acids is 1. The van der Waals surface area contributed by atoms with Gasteiger partial charge in [0.05, 0.1) is 17.1 Å². The fourth-order valence-corrected chi connectivity index (χ4v) is 3.47. The maximum absolute atomic E-state index is 13.0. The molecule has 1 atom stereocenters. The second-order valence-corrected chi connectivity index (χ2v) is 6.73. The molecule has 8 heteroatoms. The Balaban J connectivity index is 1.85. The van der Waals surface area contributed by atoms with Crippen LogP contribution in [-0.2, 0) is 11.3 Å². The summed E-state index contributed by atoms with van der Waals surface area (Å²) in [6.45, 7) is 5.07. The van der Waals surface area contributed by atoms with E-state index in [9.17, 15) is 9.59 Å². The van der Waals surface area contributed by atoms with Crippen LogP contribution >= 0.6 is 0 Å².